The van der Waals surface area contributed by atoms with Crippen LogP contribution in [-0.4, -0.2) is 19.6 Å². The highest BCUT2D eigenvalue weighted by Gasteiger charge is 2.14. The topological polar surface area (TPSA) is 69.1 Å². The summed E-state index contributed by atoms with van der Waals surface area (Å²) in [4.78, 5) is 4.51. The molecule has 0 aliphatic heterocycles. The van der Waals surface area contributed by atoms with Crippen LogP contribution in [0.1, 0.15) is 24.5 Å². The Hall–Kier alpha value is -2.01. The predicted octanol–water partition coefficient (Wildman–Crippen LogP) is 1.61. The van der Waals surface area contributed by atoms with E-state index in [2.05, 4.69) is 15.2 Å². The van der Waals surface area contributed by atoms with Gasteiger partial charge in [0.25, 0.3) is 0 Å². The molecule has 1 aromatic carbocycles. The molecule has 3 aromatic rings. The third-order valence-electron chi connectivity index (χ3n) is 2.83. The zero-order chi connectivity index (χ0) is 12.0. The van der Waals surface area contributed by atoms with Crippen LogP contribution in [0.2, 0.25) is 0 Å². The van der Waals surface area contributed by atoms with E-state index < -0.39 is 0 Å². The van der Waals surface area contributed by atoms with Gasteiger partial charge in [0.15, 0.2) is 11.5 Å². The predicted molar refractivity (Wildman–Crippen MR) is 65.6 cm³/mol. The number of benzene rings is 1. The molecule has 0 radical (unpaired) electrons. The normalized spacial score (nSPS) is 13.4. The highest BCUT2D eigenvalue weighted by molar-refractivity contribution is 5.78. The number of hydrogen-bond donors (Lipinski definition) is 1. The molecule has 0 bridgehead atoms. The number of nitrogens with two attached hydrogens (primary N) is 1. The van der Waals surface area contributed by atoms with Crippen LogP contribution in [0, 0.1) is 6.92 Å². The van der Waals surface area contributed by atoms with Gasteiger partial charge in [-0.1, -0.05) is 12.1 Å². The number of rotatable bonds is 1. The molecule has 3 rings (SSSR count). The van der Waals surface area contributed by atoms with Crippen LogP contribution >= 0.6 is 0 Å². The summed E-state index contributed by atoms with van der Waals surface area (Å²) in [6.45, 7) is 3.84. The zero-order valence-corrected chi connectivity index (χ0v) is 9.75. The van der Waals surface area contributed by atoms with Crippen molar-refractivity contribution in [2.75, 3.05) is 0 Å². The second-order valence-electron chi connectivity index (χ2n) is 4.19. The van der Waals surface area contributed by atoms with Gasteiger partial charge in [-0.05, 0) is 26.0 Å². The molecule has 0 fully saturated rings. The number of nitrogens with zero attached hydrogens (tertiary/aromatic N) is 4. The first-order valence-corrected chi connectivity index (χ1v) is 5.54. The van der Waals surface area contributed by atoms with E-state index in [1.165, 1.54) is 0 Å². The summed E-state index contributed by atoms with van der Waals surface area (Å²) in [6.07, 6.45) is 0. The lowest BCUT2D eigenvalue weighted by Crippen LogP contribution is -2.10. The van der Waals surface area contributed by atoms with E-state index in [-0.39, 0.29) is 6.04 Å². The molecule has 5 nitrogen and oxygen atoms in total. The Morgan fingerprint density at radius 2 is 2.00 bits per heavy atom. The molecule has 1 atom stereocenters. The van der Waals surface area contributed by atoms with Crippen LogP contribution in [0.3, 0.4) is 0 Å². The van der Waals surface area contributed by atoms with Crippen LogP contribution in [0.4, 0.5) is 0 Å². The van der Waals surface area contributed by atoms with Gasteiger partial charge in [-0.2, -0.15) is 0 Å². The molecule has 2 heterocycles. The minimum absolute atomic E-state index is 0.157. The number of hydrogen-bond acceptors (Lipinski definition) is 4. The fourth-order valence-electron chi connectivity index (χ4n) is 2.04. The summed E-state index contributed by atoms with van der Waals surface area (Å²) in [5, 5.41) is 8.31. The number of para-hydroxylation sites is 2. The lowest BCUT2D eigenvalue weighted by atomic mass is 10.2. The van der Waals surface area contributed by atoms with Gasteiger partial charge in [0.2, 0.25) is 0 Å². The van der Waals surface area contributed by atoms with Crippen LogP contribution in [0.25, 0.3) is 16.7 Å². The van der Waals surface area contributed by atoms with Crippen molar-refractivity contribution in [2.24, 2.45) is 5.73 Å². The minimum atomic E-state index is -0.157. The smallest absolute Gasteiger partial charge is 0.182 e. The van der Waals surface area contributed by atoms with Gasteiger partial charge in [0.05, 0.1) is 22.8 Å². The molecule has 0 aliphatic carbocycles. The Labute approximate surface area is 98.3 Å². The van der Waals surface area contributed by atoms with Gasteiger partial charge in [-0.15, -0.1) is 10.2 Å². The van der Waals surface area contributed by atoms with Crippen molar-refractivity contribution in [3.63, 3.8) is 0 Å². The molecule has 0 amide bonds. The van der Waals surface area contributed by atoms with Crippen LogP contribution < -0.4 is 5.73 Å². The van der Waals surface area contributed by atoms with E-state index in [0.717, 1.165) is 28.2 Å². The fourth-order valence-corrected chi connectivity index (χ4v) is 2.04. The first-order chi connectivity index (χ1) is 8.18. The average Bonchev–Trinajstić information content (AvgIpc) is 2.74. The second kappa shape index (κ2) is 3.49. The summed E-state index contributed by atoms with van der Waals surface area (Å²) >= 11 is 0. The Bertz CT molecular complexity index is 699. The third kappa shape index (κ3) is 1.39. The molecule has 0 saturated carbocycles. The maximum atomic E-state index is 5.92. The first kappa shape index (κ1) is 10.2. The van der Waals surface area contributed by atoms with Crippen molar-refractivity contribution in [3.05, 3.63) is 35.8 Å². The average molecular weight is 227 g/mol. The second-order valence-corrected chi connectivity index (χ2v) is 4.19. The summed E-state index contributed by atoms with van der Waals surface area (Å²) in [7, 11) is 0. The summed E-state index contributed by atoms with van der Waals surface area (Å²) in [5.74, 6) is 0.765. The van der Waals surface area contributed by atoms with Crippen molar-refractivity contribution >= 4 is 16.7 Å². The number of aryl methyl sites for hydroxylation is 1. The van der Waals surface area contributed by atoms with Crippen LogP contribution in [0.15, 0.2) is 24.3 Å². The molecule has 17 heavy (non-hydrogen) atoms. The van der Waals surface area contributed by atoms with Gasteiger partial charge < -0.3 is 5.73 Å². The van der Waals surface area contributed by atoms with Gasteiger partial charge in [-0.25, -0.2) is 4.98 Å². The summed E-state index contributed by atoms with van der Waals surface area (Å²) in [5.41, 5.74) is 9.48. The number of aromatic nitrogens is 4. The fraction of sp³-hybridized carbons (Fsp3) is 0.250. The van der Waals surface area contributed by atoms with E-state index in [1.54, 1.807) is 0 Å². The number of fused-ring (bicyclic) bond motifs is 3. The Kier molecular flexibility index (Phi) is 2.09. The largest absolute Gasteiger partial charge is 0.322 e. The van der Waals surface area contributed by atoms with E-state index in [0.29, 0.717) is 0 Å². The molecule has 1 unspecified atom stereocenters. The first-order valence-electron chi connectivity index (χ1n) is 5.54. The van der Waals surface area contributed by atoms with Crippen molar-refractivity contribution in [1.82, 2.24) is 19.6 Å². The molecule has 2 N–H and O–H groups in total. The molecular weight excluding hydrogens is 214 g/mol. The summed E-state index contributed by atoms with van der Waals surface area (Å²) in [6, 6.07) is 7.77. The Morgan fingerprint density at radius 1 is 1.24 bits per heavy atom. The standard InChI is InChI=1S/C12H13N5/c1-7(13)11-15-16-12-8(2)14-9-5-3-4-6-10(9)17(11)12/h3-7H,13H2,1-2H3. The molecule has 5 heteroatoms. The Balaban J connectivity index is 2.56. The van der Waals surface area contributed by atoms with Gasteiger partial charge in [0.1, 0.15) is 0 Å². The summed E-state index contributed by atoms with van der Waals surface area (Å²) < 4.78 is 1.99. The molecule has 0 saturated heterocycles. The van der Waals surface area contributed by atoms with Crippen LogP contribution in [0.5, 0.6) is 0 Å². The van der Waals surface area contributed by atoms with Gasteiger partial charge >= 0.3 is 0 Å². The van der Waals surface area contributed by atoms with Crippen molar-refractivity contribution in [2.45, 2.75) is 19.9 Å². The monoisotopic (exact) mass is 227 g/mol. The van der Waals surface area contributed by atoms with Gasteiger partial charge in [-0.3, -0.25) is 4.40 Å². The van der Waals surface area contributed by atoms with Crippen LogP contribution in [-0.2, 0) is 0 Å². The zero-order valence-electron chi connectivity index (χ0n) is 9.75. The van der Waals surface area contributed by atoms with E-state index in [1.807, 2.05) is 42.5 Å². The van der Waals surface area contributed by atoms with Gasteiger partial charge in [0, 0.05) is 0 Å². The van der Waals surface area contributed by atoms with Crippen molar-refractivity contribution in [1.29, 1.82) is 0 Å². The van der Waals surface area contributed by atoms with E-state index in [9.17, 15) is 0 Å². The lowest BCUT2D eigenvalue weighted by Gasteiger charge is -2.07. The molecule has 0 spiro atoms. The van der Waals surface area contributed by atoms with Crippen molar-refractivity contribution in [3.8, 4) is 0 Å². The third-order valence-corrected chi connectivity index (χ3v) is 2.83. The molecule has 2 aromatic heterocycles. The highest BCUT2D eigenvalue weighted by atomic mass is 15.3. The molecule has 86 valence electrons. The Morgan fingerprint density at radius 3 is 2.76 bits per heavy atom. The van der Waals surface area contributed by atoms with E-state index >= 15 is 0 Å². The van der Waals surface area contributed by atoms with Crippen molar-refractivity contribution < 1.29 is 0 Å². The quantitative estimate of drug-likeness (QED) is 0.685. The highest BCUT2D eigenvalue weighted by Crippen LogP contribution is 2.19. The molecular formula is C12H13N5. The molecule has 0 aliphatic rings. The maximum Gasteiger partial charge on any atom is 0.182 e. The van der Waals surface area contributed by atoms with E-state index in [4.69, 9.17) is 5.73 Å². The SMILES string of the molecule is Cc1nc2ccccc2n2c(C(C)N)nnc12. The maximum absolute atomic E-state index is 5.92. The lowest BCUT2D eigenvalue weighted by molar-refractivity contribution is 0.732. The minimum Gasteiger partial charge on any atom is -0.322 e.